The van der Waals surface area contributed by atoms with Gasteiger partial charge in [0.05, 0.1) is 11.5 Å². The van der Waals surface area contributed by atoms with Gasteiger partial charge in [-0.3, -0.25) is 4.79 Å². The van der Waals surface area contributed by atoms with Crippen LogP contribution in [0, 0.1) is 5.92 Å². The first-order chi connectivity index (χ1) is 18.6. The molecule has 0 saturated heterocycles. The number of rotatable bonds is 12. The van der Waals surface area contributed by atoms with E-state index in [1.807, 2.05) is 43.3 Å². The number of benzene rings is 2. The number of allylic oxidation sites excluding steroid dienone is 4. The highest BCUT2D eigenvalue weighted by atomic mass is 16.6. The van der Waals surface area contributed by atoms with Gasteiger partial charge in [-0.05, 0) is 37.8 Å². The van der Waals surface area contributed by atoms with Crippen molar-refractivity contribution in [1.82, 2.24) is 15.0 Å². The number of nitrogens with zero attached hydrogens (tertiary/aromatic N) is 3. The topological polar surface area (TPSA) is 94.4 Å². The number of esters is 1. The molecule has 4 rings (SSSR count). The molecule has 198 valence electrons. The van der Waals surface area contributed by atoms with E-state index >= 15 is 0 Å². The van der Waals surface area contributed by atoms with Crippen molar-refractivity contribution in [3.63, 3.8) is 0 Å². The maximum absolute atomic E-state index is 12.3. The van der Waals surface area contributed by atoms with Crippen LogP contribution in [0.1, 0.15) is 58.2 Å². The summed E-state index contributed by atoms with van der Waals surface area (Å²) < 4.78 is 11.1. The van der Waals surface area contributed by atoms with E-state index in [9.17, 15) is 9.90 Å². The summed E-state index contributed by atoms with van der Waals surface area (Å²) in [4.78, 5) is 26.3. The number of phenolic OH excluding ortho intramolecular Hbond substituents is 1. The normalized spacial score (nSPS) is 13.6. The second kappa shape index (κ2) is 13.5. The van der Waals surface area contributed by atoms with E-state index in [-0.39, 0.29) is 30.9 Å². The monoisotopic (exact) mass is 513 g/mol. The number of hydrogen-bond donors (Lipinski definition) is 1. The molecule has 1 aromatic heterocycles. The van der Waals surface area contributed by atoms with E-state index in [0.717, 1.165) is 49.7 Å². The zero-order chi connectivity index (χ0) is 26.7. The highest BCUT2D eigenvalue weighted by molar-refractivity contribution is 5.74. The van der Waals surface area contributed by atoms with Crippen molar-refractivity contribution < 1.29 is 19.4 Å². The average molecular weight is 514 g/mol. The SMILES string of the molecule is CCCCC(CC)C(=O)OCCOc1ccc(-c2nc(C3=CCCC=C3)nc(-c3ccccc3)n2)c(O)c1. The molecule has 1 N–H and O–H groups in total. The minimum atomic E-state index is -0.175. The Labute approximate surface area is 224 Å². The van der Waals surface area contributed by atoms with Gasteiger partial charge in [-0.2, -0.15) is 0 Å². The number of phenols is 1. The first-order valence-electron chi connectivity index (χ1n) is 13.4. The number of unbranched alkanes of at least 4 members (excludes halogenated alkanes) is 1. The van der Waals surface area contributed by atoms with E-state index < -0.39 is 0 Å². The zero-order valence-electron chi connectivity index (χ0n) is 22.1. The molecule has 3 aromatic rings. The maximum atomic E-state index is 12.3. The molecule has 1 aliphatic carbocycles. The molecule has 0 amide bonds. The predicted octanol–water partition coefficient (Wildman–Crippen LogP) is 6.78. The Balaban J connectivity index is 1.48. The quantitative estimate of drug-likeness (QED) is 0.211. The first kappa shape index (κ1) is 27.0. The summed E-state index contributed by atoms with van der Waals surface area (Å²) in [5, 5.41) is 10.8. The third kappa shape index (κ3) is 7.06. The van der Waals surface area contributed by atoms with Crippen LogP contribution < -0.4 is 4.74 Å². The molecule has 0 fully saturated rings. The predicted molar refractivity (Wildman–Crippen MR) is 148 cm³/mol. The molecular formula is C31H35N3O4. The van der Waals surface area contributed by atoms with Gasteiger partial charge in [0, 0.05) is 17.2 Å². The molecule has 0 radical (unpaired) electrons. The lowest BCUT2D eigenvalue weighted by molar-refractivity contribution is -0.149. The molecule has 2 aromatic carbocycles. The van der Waals surface area contributed by atoms with Gasteiger partial charge in [-0.15, -0.1) is 0 Å². The van der Waals surface area contributed by atoms with Gasteiger partial charge in [-0.1, -0.05) is 75.2 Å². The number of hydrogen-bond acceptors (Lipinski definition) is 7. The number of aromatic nitrogens is 3. The zero-order valence-corrected chi connectivity index (χ0v) is 22.1. The molecule has 1 atom stereocenters. The lowest BCUT2D eigenvalue weighted by Crippen LogP contribution is -2.20. The highest BCUT2D eigenvalue weighted by Crippen LogP contribution is 2.32. The fraction of sp³-hybridized carbons (Fsp3) is 0.355. The van der Waals surface area contributed by atoms with Crippen LogP contribution in [0.3, 0.4) is 0 Å². The van der Waals surface area contributed by atoms with Crippen molar-refractivity contribution in [2.45, 2.75) is 52.4 Å². The Morgan fingerprint density at radius 2 is 1.76 bits per heavy atom. The van der Waals surface area contributed by atoms with E-state index in [0.29, 0.717) is 28.8 Å². The van der Waals surface area contributed by atoms with Crippen LogP contribution in [0.5, 0.6) is 11.5 Å². The molecule has 1 aliphatic rings. The van der Waals surface area contributed by atoms with Crippen LogP contribution in [0.25, 0.3) is 28.3 Å². The summed E-state index contributed by atoms with van der Waals surface area (Å²) >= 11 is 0. The van der Waals surface area contributed by atoms with Gasteiger partial charge in [-0.25, -0.2) is 15.0 Å². The fourth-order valence-electron chi connectivity index (χ4n) is 4.27. The third-order valence-corrected chi connectivity index (χ3v) is 6.46. The summed E-state index contributed by atoms with van der Waals surface area (Å²) in [6.07, 6.45) is 11.9. The molecule has 0 saturated carbocycles. The first-order valence-corrected chi connectivity index (χ1v) is 13.4. The second-order valence-corrected chi connectivity index (χ2v) is 9.25. The minimum Gasteiger partial charge on any atom is -0.507 e. The summed E-state index contributed by atoms with van der Waals surface area (Å²) in [7, 11) is 0. The molecule has 0 aliphatic heterocycles. The number of ether oxygens (including phenoxy) is 2. The lowest BCUT2D eigenvalue weighted by atomic mass is 10.00. The summed E-state index contributed by atoms with van der Waals surface area (Å²) in [5.74, 6) is 1.70. The number of carbonyl (C=O) groups excluding carboxylic acids is 1. The van der Waals surface area contributed by atoms with E-state index in [4.69, 9.17) is 14.5 Å². The summed E-state index contributed by atoms with van der Waals surface area (Å²) in [5.41, 5.74) is 2.28. The summed E-state index contributed by atoms with van der Waals surface area (Å²) in [6, 6.07) is 14.7. The molecule has 0 spiro atoms. The fourth-order valence-corrected chi connectivity index (χ4v) is 4.27. The average Bonchev–Trinajstić information content (AvgIpc) is 2.96. The molecule has 0 bridgehead atoms. The van der Waals surface area contributed by atoms with Crippen molar-refractivity contribution in [2.24, 2.45) is 5.92 Å². The van der Waals surface area contributed by atoms with Crippen molar-refractivity contribution in [1.29, 1.82) is 0 Å². The van der Waals surface area contributed by atoms with E-state index in [2.05, 4.69) is 29.0 Å². The Morgan fingerprint density at radius 1 is 0.974 bits per heavy atom. The van der Waals surface area contributed by atoms with Crippen molar-refractivity contribution in [3.05, 3.63) is 72.6 Å². The summed E-state index contributed by atoms with van der Waals surface area (Å²) in [6.45, 7) is 4.47. The molecular weight excluding hydrogens is 478 g/mol. The number of aromatic hydroxyl groups is 1. The number of carbonyl (C=O) groups is 1. The van der Waals surface area contributed by atoms with Gasteiger partial charge >= 0.3 is 5.97 Å². The molecule has 1 heterocycles. The van der Waals surface area contributed by atoms with Crippen molar-refractivity contribution in [2.75, 3.05) is 13.2 Å². The van der Waals surface area contributed by atoms with Crippen LogP contribution in [0.4, 0.5) is 0 Å². The smallest absolute Gasteiger partial charge is 0.309 e. The van der Waals surface area contributed by atoms with E-state index in [1.165, 1.54) is 6.07 Å². The molecule has 38 heavy (non-hydrogen) atoms. The highest BCUT2D eigenvalue weighted by Gasteiger charge is 2.18. The Bertz CT molecular complexity index is 1290. The molecule has 7 heteroatoms. The largest absolute Gasteiger partial charge is 0.507 e. The van der Waals surface area contributed by atoms with Crippen LogP contribution in [0.2, 0.25) is 0 Å². The van der Waals surface area contributed by atoms with E-state index in [1.54, 1.807) is 12.1 Å². The molecule has 7 nitrogen and oxygen atoms in total. The Hall–Kier alpha value is -4.00. The van der Waals surface area contributed by atoms with Crippen LogP contribution in [0.15, 0.2) is 66.8 Å². The maximum Gasteiger partial charge on any atom is 0.309 e. The van der Waals surface area contributed by atoms with Gasteiger partial charge in [0.25, 0.3) is 0 Å². The minimum absolute atomic E-state index is 0.00515. The van der Waals surface area contributed by atoms with Gasteiger partial charge in [0.2, 0.25) is 0 Å². The third-order valence-electron chi connectivity index (χ3n) is 6.46. The Morgan fingerprint density at radius 3 is 2.47 bits per heavy atom. The van der Waals surface area contributed by atoms with Crippen LogP contribution in [-0.4, -0.2) is 39.2 Å². The van der Waals surface area contributed by atoms with Gasteiger partial charge in [0.1, 0.15) is 24.7 Å². The lowest BCUT2D eigenvalue weighted by Gasteiger charge is -2.14. The van der Waals surface area contributed by atoms with Crippen molar-refractivity contribution in [3.8, 4) is 34.3 Å². The Kier molecular flexibility index (Phi) is 9.62. The second-order valence-electron chi connectivity index (χ2n) is 9.25. The van der Waals surface area contributed by atoms with Crippen LogP contribution >= 0.6 is 0 Å². The standard InChI is InChI=1S/C31H35N3O4/c1-3-5-12-22(4-2)31(36)38-20-19-37-25-17-18-26(27(35)21-25)30-33-28(23-13-8-6-9-14-23)32-29(34-30)24-15-10-7-11-16-24/h6,8-10,13-18,21-22,35H,3-5,7,11-12,19-20H2,1-2H3. The van der Waals surface area contributed by atoms with Crippen LogP contribution in [-0.2, 0) is 9.53 Å². The van der Waals surface area contributed by atoms with Crippen molar-refractivity contribution >= 4 is 11.5 Å². The molecule has 1 unspecified atom stereocenters. The van der Waals surface area contributed by atoms with Gasteiger partial charge < -0.3 is 14.6 Å². The van der Waals surface area contributed by atoms with Gasteiger partial charge in [0.15, 0.2) is 17.5 Å².